The van der Waals surface area contributed by atoms with Gasteiger partial charge in [-0.2, -0.15) is 0 Å². The largest absolute Gasteiger partial charge is 0.456 e. The molecule has 1 saturated heterocycles. The number of rotatable bonds is 4. The number of ether oxygens (including phenoxy) is 1. The van der Waals surface area contributed by atoms with E-state index in [1.54, 1.807) is 18.3 Å². The smallest absolute Gasteiger partial charge is 0.251 e. The maximum absolute atomic E-state index is 12.4. The molecule has 124 valence electrons. The van der Waals surface area contributed by atoms with Gasteiger partial charge in [0.2, 0.25) is 0 Å². The summed E-state index contributed by atoms with van der Waals surface area (Å²) in [5.74, 6) is 2.08. The van der Waals surface area contributed by atoms with Crippen molar-refractivity contribution in [3.8, 4) is 11.5 Å². The van der Waals surface area contributed by atoms with Crippen molar-refractivity contribution in [1.29, 1.82) is 0 Å². The molecular formula is C19H21N3O2. The highest BCUT2D eigenvalue weighted by Gasteiger charge is 2.39. The molecule has 1 saturated carbocycles. The minimum Gasteiger partial charge on any atom is -0.456 e. The molecule has 0 spiro atoms. The van der Waals surface area contributed by atoms with Gasteiger partial charge in [-0.1, -0.05) is 0 Å². The number of aromatic nitrogens is 1. The Morgan fingerprint density at radius 3 is 2.58 bits per heavy atom. The van der Waals surface area contributed by atoms with Crippen LogP contribution in [0.5, 0.6) is 11.5 Å². The van der Waals surface area contributed by atoms with E-state index in [9.17, 15) is 4.79 Å². The minimum atomic E-state index is -0.0158. The van der Waals surface area contributed by atoms with Crippen molar-refractivity contribution < 1.29 is 9.53 Å². The van der Waals surface area contributed by atoms with Crippen LogP contribution in [0.4, 0.5) is 0 Å². The molecule has 24 heavy (non-hydrogen) atoms. The number of carbonyl (C=O) groups excluding carboxylic acids is 1. The van der Waals surface area contributed by atoms with Gasteiger partial charge in [0.15, 0.2) is 0 Å². The van der Waals surface area contributed by atoms with Crippen LogP contribution in [0.3, 0.4) is 0 Å². The van der Waals surface area contributed by atoms with Crippen molar-refractivity contribution in [1.82, 2.24) is 15.6 Å². The van der Waals surface area contributed by atoms with Gasteiger partial charge in [-0.3, -0.25) is 9.78 Å². The Labute approximate surface area is 141 Å². The van der Waals surface area contributed by atoms with E-state index in [0.29, 0.717) is 23.1 Å². The second-order valence-corrected chi connectivity index (χ2v) is 6.69. The third-order valence-electron chi connectivity index (χ3n) is 4.88. The fraction of sp³-hybridized carbons (Fsp3) is 0.368. The Kier molecular flexibility index (Phi) is 3.94. The summed E-state index contributed by atoms with van der Waals surface area (Å²) < 4.78 is 5.74. The van der Waals surface area contributed by atoms with Crippen molar-refractivity contribution in [2.45, 2.75) is 31.8 Å². The van der Waals surface area contributed by atoms with Gasteiger partial charge in [0.25, 0.3) is 5.91 Å². The number of fused-ring (bicyclic) bond motifs is 2. The molecule has 5 nitrogen and oxygen atoms in total. The van der Waals surface area contributed by atoms with Gasteiger partial charge in [0.1, 0.15) is 11.5 Å². The lowest BCUT2D eigenvalue weighted by Gasteiger charge is -2.24. The zero-order valence-corrected chi connectivity index (χ0v) is 13.7. The highest BCUT2D eigenvalue weighted by molar-refractivity contribution is 5.94. The van der Waals surface area contributed by atoms with Crippen LogP contribution in [0.1, 0.15) is 28.9 Å². The summed E-state index contributed by atoms with van der Waals surface area (Å²) in [6.07, 6.45) is 3.96. The molecule has 2 aliphatic rings. The van der Waals surface area contributed by atoms with Gasteiger partial charge in [-0.15, -0.1) is 0 Å². The number of hydrogen-bond donors (Lipinski definition) is 2. The van der Waals surface area contributed by atoms with Crippen LogP contribution in [0, 0.1) is 12.8 Å². The Hall–Kier alpha value is -2.40. The number of carbonyl (C=O) groups is 1. The fourth-order valence-corrected chi connectivity index (χ4v) is 3.59. The van der Waals surface area contributed by atoms with Crippen LogP contribution >= 0.6 is 0 Å². The molecule has 2 N–H and O–H groups in total. The third kappa shape index (κ3) is 3.12. The maximum Gasteiger partial charge on any atom is 0.251 e. The average Bonchev–Trinajstić information content (AvgIpc) is 3.20. The van der Waals surface area contributed by atoms with Gasteiger partial charge >= 0.3 is 0 Å². The van der Waals surface area contributed by atoms with Crippen LogP contribution in [-0.2, 0) is 0 Å². The number of hydrogen-bond acceptors (Lipinski definition) is 4. The molecule has 4 rings (SSSR count). The van der Waals surface area contributed by atoms with Crippen molar-refractivity contribution in [2.75, 3.05) is 6.54 Å². The van der Waals surface area contributed by atoms with Gasteiger partial charge in [0, 0.05) is 23.3 Å². The van der Waals surface area contributed by atoms with E-state index in [0.717, 1.165) is 24.6 Å². The van der Waals surface area contributed by atoms with E-state index in [1.807, 2.05) is 31.2 Å². The standard InChI is InChI=1S/C19H21N3O2/c1-12-2-5-16(11-20-12)24-15-6-3-14(4-7-15)19(23)22-18-9-13-8-17(18)21-10-13/h2-7,11,13,17-18,21H,8-10H2,1H3,(H,22,23). The van der Waals surface area contributed by atoms with E-state index < -0.39 is 0 Å². The molecule has 0 radical (unpaired) electrons. The average molecular weight is 323 g/mol. The predicted molar refractivity (Wildman–Crippen MR) is 91.3 cm³/mol. The highest BCUT2D eigenvalue weighted by Crippen LogP contribution is 2.31. The minimum absolute atomic E-state index is 0.0158. The second-order valence-electron chi connectivity index (χ2n) is 6.69. The zero-order chi connectivity index (χ0) is 16.5. The van der Waals surface area contributed by atoms with Gasteiger partial charge in [0.05, 0.1) is 6.20 Å². The van der Waals surface area contributed by atoms with Gasteiger partial charge in [-0.25, -0.2) is 0 Å². The monoisotopic (exact) mass is 323 g/mol. The summed E-state index contributed by atoms with van der Waals surface area (Å²) in [5.41, 5.74) is 1.61. The summed E-state index contributed by atoms with van der Waals surface area (Å²) in [5, 5.41) is 6.61. The van der Waals surface area contributed by atoms with Crippen molar-refractivity contribution in [3.63, 3.8) is 0 Å². The molecule has 1 aromatic heterocycles. The lowest BCUT2D eigenvalue weighted by atomic mass is 10.1. The quantitative estimate of drug-likeness (QED) is 0.908. The highest BCUT2D eigenvalue weighted by atomic mass is 16.5. The van der Waals surface area contributed by atoms with Crippen LogP contribution in [0.15, 0.2) is 42.6 Å². The summed E-state index contributed by atoms with van der Waals surface area (Å²) in [7, 11) is 0. The first-order valence-electron chi connectivity index (χ1n) is 8.42. The molecule has 1 aliphatic heterocycles. The number of nitrogens with one attached hydrogen (secondary N) is 2. The first-order valence-corrected chi connectivity index (χ1v) is 8.42. The van der Waals surface area contributed by atoms with Crippen LogP contribution in [0.2, 0.25) is 0 Å². The number of piperidine rings is 1. The van der Waals surface area contributed by atoms with Crippen LogP contribution in [-0.4, -0.2) is 29.5 Å². The SMILES string of the molecule is Cc1ccc(Oc2ccc(C(=O)NC3CC4CNC3C4)cc2)cn1. The summed E-state index contributed by atoms with van der Waals surface area (Å²) in [6.45, 7) is 3.03. The normalized spacial score (nSPS) is 24.8. The first-order chi connectivity index (χ1) is 11.7. The molecule has 2 bridgehead atoms. The lowest BCUT2D eigenvalue weighted by molar-refractivity contribution is 0.0928. The number of aryl methyl sites for hydroxylation is 1. The number of amides is 1. The van der Waals surface area contributed by atoms with Crippen molar-refractivity contribution in [2.24, 2.45) is 5.92 Å². The van der Waals surface area contributed by atoms with Crippen molar-refractivity contribution in [3.05, 3.63) is 53.9 Å². The first kappa shape index (κ1) is 15.1. The van der Waals surface area contributed by atoms with E-state index in [4.69, 9.17) is 4.74 Å². The Morgan fingerprint density at radius 2 is 1.96 bits per heavy atom. The predicted octanol–water partition coefficient (Wildman–Crippen LogP) is 2.66. The summed E-state index contributed by atoms with van der Waals surface area (Å²) in [6, 6.07) is 11.7. The summed E-state index contributed by atoms with van der Waals surface area (Å²) >= 11 is 0. The molecule has 1 aliphatic carbocycles. The Balaban J connectivity index is 1.38. The zero-order valence-electron chi connectivity index (χ0n) is 13.7. The van der Waals surface area contributed by atoms with Crippen LogP contribution in [0.25, 0.3) is 0 Å². The molecule has 3 unspecified atom stereocenters. The number of benzene rings is 1. The third-order valence-corrected chi connectivity index (χ3v) is 4.88. The summed E-state index contributed by atoms with van der Waals surface area (Å²) in [4.78, 5) is 16.6. The Bertz CT molecular complexity index is 727. The molecule has 3 atom stereocenters. The molecule has 2 heterocycles. The topological polar surface area (TPSA) is 63.2 Å². The molecule has 5 heteroatoms. The molecule has 2 fully saturated rings. The molecule has 1 amide bonds. The van der Waals surface area contributed by atoms with Gasteiger partial charge in [-0.05, 0) is 68.6 Å². The van der Waals surface area contributed by atoms with E-state index in [-0.39, 0.29) is 11.9 Å². The molecule has 2 aromatic rings. The maximum atomic E-state index is 12.4. The fourth-order valence-electron chi connectivity index (χ4n) is 3.59. The van der Waals surface area contributed by atoms with Crippen molar-refractivity contribution >= 4 is 5.91 Å². The van der Waals surface area contributed by atoms with Gasteiger partial charge < -0.3 is 15.4 Å². The van der Waals surface area contributed by atoms with E-state index >= 15 is 0 Å². The van der Waals surface area contributed by atoms with E-state index in [2.05, 4.69) is 15.6 Å². The molecular weight excluding hydrogens is 302 g/mol. The molecule has 1 aromatic carbocycles. The Morgan fingerprint density at radius 1 is 1.17 bits per heavy atom. The number of nitrogens with zero attached hydrogens (tertiary/aromatic N) is 1. The second kappa shape index (κ2) is 6.24. The number of pyridine rings is 1. The van der Waals surface area contributed by atoms with E-state index in [1.165, 1.54) is 6.42 Å². The van der Waals surface area contributed by atoms with Crippen LogP contribution < -0.4 is 15.4 Å². The lowest BCUT2D eigenvalue weighted by Crippen LogP contribution is -2.47.